The van der Waals surface area contributed by atoms with Gasteiger partial charge in [-0.15, -0.1) is 11.8 Å². The summed E-state index contributed by atoms with van der Waals surface area (Å²) in [6, 6.07) is 13.1. The molecule has 2 aromatic rings. The van der Waals surface area contributed by atoms with Gasteiger partial charge in [0.05, 0.1) is 11.4 Å². The molecule has 0 bridgehead atoms. The predicted octanol–water partition coefficient (Wildman–Crippen LogP) is 3.74. The van der Waals surface area contributed by atoms with Crippen LogP contribution < -0.4 is 5.32 Å². The quantitative estimate of drug-likeness (QED) is 0.665. The summed E-state index contributed by atoms with van der Waals surface area (Å²) in [6.07, 6.45) is 0. The van der Waals surface area contributed by atoms with Gasteiger partial charge in [-0.2, -0.15) is 0 Å². The number of nitrogens with one attached hydrogen (secondary N) is 1. The smallest absolute Gasteiger partial charge is 0.234 e. The molecule has 0 saturated carbocycles. The summed E-state index contributed by atoms with van der Waals surface area (Å²) in [5.41, 5.74) is 2.56. The number of thioether (sulfide) groups is 1. The lowest BCUT2D eigenvalue weighted by Gasteiger charge is -2.08. The first kappa shape index (κ1) is 14.5. The highest BCUT2D eigenvalue weighted by Crippen LogP contribution is 2.25. The number of benzene rings is 2. The number of anilines is 1. The van der Waals surface area contributed by atoms with Crippen LogP contribution in [-0.4, -0.2) is 16.8 Å². The van der Waals surface area contributed by atoms with E-state index in [1.165, 1.54) is 11.8 Å². The van der Waals surface area contributed by atoms with Crippen LogP contribution in [0, 0.1) is 13.8 Å². The maximum atomic E-state index is 11.9. The zero-order valence-electron chi connectivity index (χ0n) is 11.5. The van der Waals surface area contributed by atoms with E-state index in [4.69, 9.17) is 0 Å². The molecule has 2 aromatic carbocycles. The number of carbonyl (C=O) groups is 1. The molecule has 20 heavy (non-hydrogen) atoms. The summed E-state index contributed by atoms with van der Waals surface area (Å²) >= 11 is 1.49. The maximum absolute atomic E-state index is 11.9. The Hall–Kier alpha value is -1.94. The monoisotopic (exact) mass is 287 g/mol. The van der Waals surface area contributed by atoms with Crippen LogP contribution in [-0.2, 0) is 4.79 Å². The lowest BCUT2D eigenvalue weighted by molar-refractivity contribution is -0.113. The molecular formula is C16H17NO2S. The topological polar surface area (TPSA) is 49.3 Å². The first-order valence-corrected chi connectivity index (χ1v) is 7.33. The normalized spacial score (nSPS) is 10.3. The molecule has 1 amide bonds. The van der Waals surface area contributed by atoms with Gasteiger partial charge in [-0.25, -0.2) is 0 Å². The van der Waals surface area contributed by atoms with Gasteiger partial charge >= 0.3 is 0 Å². The number of aryl methyl sites for hydroxylation is 2. The second-order valence-corrected chi connectivity index (χ2v) is 5.64. The standard InChI is InChI=1S/C16H17NO2S/c1-11-7-8-13(14(18)9-11)17-16(19)10-20-15-6-4-3-5-12(15)2/h3-9,18H,10H2,1-2H3,(H,17,19). The van der Waals surface area contributed by atoms with Gasteiger partial charge in [0.1, 0.15) is 5.75 Å². The Labute approximate surface area is 123 Å². The largest absolute Gasteiger partial charge is 0.506 e. The minimum atomic E-state index is -0.127. The van der Waals surface area contributed by atoms with Gasteiger partial charge in [-0.05, 0) is 43.2 Å². The van der Waals surface area contributed by atoms with Crippen LogP contribution in [0.4, 0.5) is 5.69 Å². The summed E-state index contributed by atoms with van der Waals surface area (Å²) in [6.45, 7) is 3.91. The molecule has 0 spiro atoms. The molecule has 0 unspecified atom stereocenters. The van der Waals surface area contributed by atoms with E-state index in [1.54, 1.807) is 12.1 Å². The van der Waals surface area contributed by atoms with Gasteiger partial charge in [0.15, 0.2) is 0 Å². The maximum Gasteiger partial charge on any atom is 0.234 e. The van der Waals surface area contributed by atoms with E-state index in [2.05, 4.69) is 5.32 Å². The fraction of sp³-hybridized carbons (Fsp3) is 0.188. The molecule has 0 aliphatic heterocycles. The summed E-state index contributed by atoms with van der Waals surface area (Å²) in [5.74, 6) is 0.287. The minimum Gasteiger partial charge on any atom is -0.506 e. The Kier molecular flexibility index (Phi) is 4.69. The summed E-state index contributed by atoms with van der Waals surface area (Å²) in [7, 11) is 0. The van der Waals surface area contributed by atoms with Crippen molar-refractivity contribution in [3.63, 3.8) is 0 Å². The van der Waals surface area contributed by atoms with Crippen molar-refractivity contribution in [2.45, 2.75) is 18.7 Å². The van der Waals surface area contributed by atoms with E-state index in [9.17, 15) is 9.90 Å². The van der Waals surface area contributed by atoms with Crippen LogP contribution >= 0.6 is 11.8 Å². The molecule has 0 aliphatic rings. The van der Waals surface area contributed by atoms with E-state index < -0.39 is 0 Å². The van der Waals surface area contributed by atoms with Gasteiger partial charge in [0.25, 0.3) is 0 Å². The molecule has 0 aliphatic carbocycles. The Morgan fingerprint density at radius 3 is 2.65 bits per heavy atom. The van der Waals surface area contributed by atoms with Crippen molar-refractivity contribution in [2.24, 2.45) is 0 Å². The molecule has 104 valence electrons. The van der Waals surface area contributed by atoms with Crippen molar-refractivity contribution in [1.29, 1.82) is 0 Å². The number of phenols is 1. The third kappa shape index (κ3) is 3.78. The number of aromatic hydroxyl groups is 1. The number of phenolic OH excluding ortho intramolecular Hbond substituents is 1. The minimum absolute atomic E-state index is 0.0965. The molecule has 2 rings (SSSR count). The molecule has 0 fully saturated rings. The fourth-order valence-corrected chi connectivity index (χ4v) is 2.62. The van der Waals surface area contributed by atoms with Gasteiger partial charge in [0.2, 0.25) is 5.91 Å². The number of hydrogen-bond acceptors (Lipinski definition) is 3. The number of carbonyl (C=O) groups excluding carboxylic acids is 1. The van der Waals surface area contributed by atoms with Crippen molar-refractivity contribution in [3.8, 4) is 5.75 Å². The van der Waals surface area contributed by atoms with Gasteiger partial charge in [-0.1, -0.05) is 24.3 Å². The van der Waals surface area contributed by atoms with Crippen LogP contribution in [0.1, 0.15) is 11.1 Å². The zero-order valence-corrected chi connectivity index (χ0v) is 12.3. The van der Waals surface area contributed by atoms with Gasteiger partial charge in [-0.3, -0.25) is 4.79 Å². The predicted molar refractivity (Wildman–Crippen MR) is 83.4 cm³/mol. The Bertz CT molecular complexity index is 626. The summed E-state index contributed by atoms with van der Waals surface area (Å²) in [4.78, 5) is 13.0. The van der Waals surface area contributed by atoms with E-state index in [-0.39, 0.29) is 11.7 Å². The molecule has 0 heterocycles. The summed E-state index contributed by atoms with van der Waals surface area (Å²) in [5, 5.41) is 12.5. The van der Waals surface area contributed by atoms with E-state index in [0.717, 1.165) is 16.0 Å². The number of hydrogen-bond donors (Lipinski definition) is 2. The Balaban J connectivity index is 1.94. The first-order chi connectivity index (χ1) is 9.56. The molecular weight excluding hydrogens is 270 g/mol. The lowest BCUT2D eigenvalue weighted by atomic mass is 10.2. The molecule has 0 atom stereocenters. The van der Waals surface area contributed by atoms with Crippen LogP contribution in [0.25, 0.3) is 0 Å². The molecule has 0 radical (unpaired) electrons. The van der Waals surface area contributed by atoms with Crippen LogP contribution in [0.5, 0.6) is 5.75 Å². The van der Waals surface area contributed by atoms with Crippen LogP contribution in [0.15, 0.2) is 47.4 Å². The lowest BCUT2D eigenvalue weighted by Crippen LogP contribution is -2.14. The molecule has 4 heteroatoms. The molecule has 0 aromatic heterocycles. The molecule has 2 N–H and O–H groups in total. The average Bonchev–Trinajstić information content (AvgIpc) is 2.41. The van der Waals surface area contributed by atoms with E-state index in [1.807, 2.05) is 44.2 Å². The van der Waals surface area contributed by atoms with Crippen molar-refractivity contribution in [2.75, 3.05) is 11.1 Å². The van der Waals surface area contributed by atoms with E-state index in [0.29, 0.717) is 11.4 Å². The highest BCUT2D eigenvalue weighted by atomic mass is 32.2. The first-order valence-electron chi connectivity index (χ1n) is 6.34. The van der Waals surface area contributed by atoms with E-state index >= 15 is 0 Å². The Morgan fingerprint density at radius 1 is 1.20 bits per heavy atom. The second kappa shape index (κ2) is 6.48. The van der Waals surface area contributed by atoms with Gasteiger partial charge in [0, 0.05) is 4.90 Å². The average molecular weight is 287 g/mol. The summed E-state index contributed by atoms with van der Waals surface area (Å²) < 4.78 is 0. The fourth-order valence-electron chi connectivity index (χ4n) is 1.80. The van der Waals surface area contributed by atoms with Crippen LogP contribution in [0.3, 0.4) is 0 Å². The van der Waals surface area contributed by atoms with Crippen molar-refractivity contribution < 1.29 is 9.90 Å². The Morgan fingerprint density at radius 2 is 1.95 bits per heavy atom. The second-order valence-electron chi connectivity index (χ2n) is 4.62. The highest BCUT2D eigenvalue weighted by molar-refractivity contribution is 8.00. The molecule has 0 saturated heterocycles. The SMILES string of the molecule is Cc1ccc(NC(=O)CSc2ccccc2C)c(O)c1. The number of amides is 1. The van der Waals surface area contributed by atoms with Crippen LogP contribution in [0.2, 0.25) is 0 Å². The third-order valence-electron chi connectivity index (χ3n) is 2.88. The van der Waals surface area contributed by atoms with Crippen molar-refractivity contribution >= 4 is 23.4 Å². The van der Waals surface area contributed by atoms with Gasteiger partial charge < -0.3 is 10.4 Å². The molecule has 3 nitrogen and oxygen atoms in total. The van der Waals surface area contributed by atoms with Crippen molar-refractivity contribution in [3.05, 3.63) is 53.6 Å². The highest BCUT2D eigenvalue weighted by Gasteiger charge is 2.08. The number of rotatable bonds is 4. The van der Waals surface area contributed by atoms with Crippen molar-refractivity contribution in [1.82, 2.24) is 0 Å². The third-order valence-corrected chi connectivity index (χ3v) is 4.06. The zero-order chi connectivity index (χ0) is 14.5.